The highest BCUT2D eigenvalue weighted by Crippen LogP contribution is 2.44. The summed E-state index contributed by atoms with van der Waals surface area (Å²) in [6, 6.07) is 26.0. The first-order chi connectivity index (χ1) is 16.1. The maximum absolute atomic E-state index is 12.7. The smallest absolute Gasteiger partial charge is 0.298 e. The molecule has 0 bridgehead atoms. The number of rotatable bonds is 6. The third-order valence-corrected chi connectivity index (χ3v) is 7.10. The number of hydrogen-bond donors (Lipinski definition) is 3. The minimum atomic E-state index is -5.15. The van der Waals surface area contributed by atoms with Gasteiger partial charge in [0, 0.05) is 22.6 Å². The van der Waals surface area contributed by atoms with Crippen molar-refractivity contribution in [3.05, 3.63) is 97.1 Å². The summed E-state index contributed by atoms with van der Waals surface area (Å²) in [4.78, 5) is -0.406. The fraction of sp³-hybridized carbons (Fsp3) is 0. The molecule has 8 nitrogen and oxygen atoms in total. The summed E-state index contributed by atoms with van der Waals surface area (Å²) in [5, 5.41) is 0. The number of anilines is 4. The fourth-order valence-corrected chi connectivity index (χ4v) is 5.91. The van der Waals surface area contributed by atoms with Crippen LogP contribution in [-0.4, -0.2) is 25.9 Å². The molecule has 0 unspecified atom stereocenters. The van der Waals surface area contributed by atoms with Crippen molar-refractivity contribution >= 4 is 43.0 Å². The lowest BCUT2D eigenvalue weighted by Gasteiger charge is -2.28. The van der Waals surface area contributed by atoms with Crippen LogP contribution in [0.25, 0.3) is 11.1 Å². The van der Waals surface area contributed by atoms with Crippen molar-refractivity contribution < 1.29 is 25.9 Å². The van der Waals surface area contributed by atoms with Gasteiger partial charge in [0.1, 0.15) is 9.79 Å². The van der Waals surface area contributed by atoms with Crippen molar-refractivity contribution in [2.45, 2.75) is 9.79 Å². The first kappa shape index (κ1) is 23.5. The van der Waals surface area contributed by atoms with Gasteiger partial charge in [-0.2, -0.15) is 16.8 Å². The third-order valence-electron chi connectivity index (χ3n) is 5.10. The summed E-state index contributed by atoms with van der Waals surface area (Å²) >= 11 is 0. The Morgan fingerprint density at radius 1 is 0.588 bits per heavy atom. The van der Waals surface area contributed by atoms with Gasteiger partial charge in [0.05, 0.1) is 5.69 Å². The maximum atomic E-state index is 12.7. The summed E-state index contributed by atoms with van der Waals surface area (Å²) < 4.78 is 70.8. The summed E-state index contributed by atoms with van der Waals surface area (Å²) in [5.41, 5.74) is 7.13. The molecule has 0 aliphatic carbocycles. The van der Waals surface area contributed by atoms with Crippen LogP contribution in [0.3, 0.4) is 0 Å². The van der Waals surface area contributed by atoms with Crippen LogP contribution in [0.2, 0.25) is 0 Å². The Balaban J connectivity index is 2.14. The molecule has 10 heteroatoms. The van der Waals surface area contributed by atoms with Gasteiger partial charge >= 0.3 is 0 Å². The van der Waals surface area contributed by atoms with Crippen molar-refractivity contribution in [3.63, 3.8) is 0 Å². The van der Waals surface area contributed by atoms with E-state index in [1.807, 2.05) is 0 Å². The van der Waals surface area contributed by atoms with E-state index < -0.39 is 30.0 Å². The SMILES string of the molecule is Nc1ccc(-c2ccc(N(c3ccccc3)c3ccccc3)c(S(=O)(=O)O)c2S(=O)(=O)O)cc1. The molecule has 4 aromatic rings. The van der Waals surface area contributed by atoms with Gasteiger partial charge in [-0.25, -0.2) is 0 Å². The molecule has 0 saturated heterocycles. The van der Waals surface area contributed by atoms with E-state index in [9.17, 15) is 25.9 Å². The fourth-order valence-electron chi connectivity index (χ4n) is 3.71. The summed E-state index contributed by atoms with van der Waals surface area (Å²) in [6.07, 6.45) is 0. The number of hydrogen-bond acceptors (Lipinski definition) is 6. The van der Waals surface area contributed by atoms with Crippen molar-refractivity contribution in [2.24, 2.45) is 0 Å². The minimum Gasteiger partial charge on any atom is -0.399 e. The van der Waals surface area contributed by atoms with Crippen LogP contribution in [-0.2, 0) is 20.2 Å². The molecule has 0 heterocycles. The molecular formula is C24H20N2O6S2. The van der Waals surface area contributed by atoms with Gasteiger partial charge in [0.15, 0.2) is 0 Å². The molecule has 0 aliphatic rings. The number of para-hydroxylation sites is 2. The van der Waals surface area contributed by atoms with Gasteiger partial charge in [0.2, 0.25) is 0 Å². The summed E-state index contributed by atoms with van der Waals surface area (Å²) in [5.74, 6) is 0. The van der Waals surface area contributed by atoms with E-state index in [0.717, 1.165) is 0 Å². The zero-order valence-electron chi connectivity index (χ0n) is 17.6. The van der Waals surface area contributed by atoms with Crippen LogP contribution < -0.4 is 10.6 Å². The quantitative estimate of drug-likeness (QED) is 0.253. The Hall–Kier alpha value is -3.70. The topological polar surface area (TPSA) is 138 Å². The van der Waals surface area contributed by atoms with E-state index in [1.165, 1.54) is 41.3 Å². The Kier molecular flexibility index (Phi) is 6.15. The van der Waals surface area contributed by atoms with Gasteiger partial charge in [-0.05, 0) is 48.0 Å². The summed E-state index contributed by atoms with van der Waals surface area (Å²) in [6.45, 7) is 0. The monoisotopic (exact) mass is 496 g/mol. The van der Waals surface area contributed by atoms with Crippen molar-refractivity contribution in [1.82, 2.24) is 0 Å². The Morgan fingerprint density at radius 2 is 1.06 bits per heavy atom. The Labute approximate surface area is 197 Å². The molecule has 0 radical (unpaired) electrons. The molecule has 4 aromatic carbocycles. The highest BCUT2D eigenvalue weighted by Gasteiger charge is 2.33. The largest absolute Gasteiger partial charge is 0.399 e. The standard InChI is InChI=1S/C24H20N2O6S2/c25-18-13-11-17(12-14-18)21-15-16-22(24(34(30,31)32)23(21)33(27,28)29)26(19-7-3-1-4-8-19)20-9-5-2-6-10-20/h1-16H,25H2,(H,27,28,29)(H,30,31,32). The van der Waals surface area contributed by atoms with E-state index in [4.69, 9.17) is 5.73 Å². The third kappa shape index (κ3) is 4.66. The Morgan fingerprint density at radius 3 is 1.50 bits per heavy atom. The first-order valence-electron chi connectivity index (χ1n) is 9.95. The number of nitrogens with two attached hydrogens (primary N) is 1. The van der Waals surface area contributed by atoms with E-state index >= 15 is 0 Å². The van der Waals surface area contributed by atoms with Gasteiger partial charge in [-0.15, -0.1) is 0 Å². The van der Waals surface area contributed by atoms with Gasteiger partial charge in [-0.1, -0.05) is 54.6 Å². The van der Waals surface area contributed by atoms with Gasteiger partial charge in [0.25, 0.3) is 20.2 Å². The van der Waals surface area contributed by atoms with Crippen LogP contribution >= 0.6 is 0 Å². The molecule has 4 rings (SSSR count). The minimum absolute atomic E-state index is 0.111. The number of nitrogens with zero attached hydrogens (tertiary/aromatic N) is 1. The molecule has 0 spiro atoms. The van der Waals surface area contributed by atoms with Crippen LogP contribution in [0.1, 0.15) is 0 Å². The molecule has 0 aromatic heterocycles. The predicted octanol–water partition coefficient (Wildman–Crippen LogP) is 4.90. The first-order valence-corrected chi connectivity index (χ1v) is 12.8. The molecule has 4 N–H and O–H groups in total. The second-order valence-electron chi connectivity index (χ2n) is 7.37. The molecule has 174 valence electrons. The number of benzene rings is 4. The average molecular weight is 497 g/mol. The van der Waals surface area contributed by atoms with Crippen LogP contribution in [0, 0.1) is 0 Å². The number of nitrogen functional groups attached to an aromatic ring is 1. The van der Waals surface area contributed by atoms with E-state index in [0.29, 0.717) is 17.1 Å². The second kappa shape index (κ2) is 8.92. The molecule has 0 amide bonds. The molecule has 0 atom stereocenters. The normalized spacial score (nSPS) is 11.8. The molecule has 0 saturated carbocycles. The van der Waals surface area contributed by atoms with Gasteiger partial charge < -0.3 is 10.6 Å². The van der Waals surface area contributed by atoms with E-state index in [2.05, 4.69) is 0 Å². The average Bonchev–Trinajstić information content (AvgIpc) is 2.80. The van der Waals surface area contributed by atoms with Crippen LogP contribution in [0.4, 0.5) is 22.7 Å². The maximum Gasteiger partial charge on any atom is 0.298 e. The highest BCUT2D eigenvalue weighted by atomic mass is 32.2. The van der Waals surface area contributed by atoms with Crippen molar-refractivity contribution in [1.29, 1.82) is 0 Å². The van der Waals surface area contributed by atoms with Crippen molar-refractivity contribution in [3.8, 4) is 11.1 Å². The molecule has 0 aliphatic heterocycles. The lowest BCUT2D eigenvalue weighted by atomic mass is 10.0. The molecule has 34 heavy (non-hydrogen) atoms. The van der Waals surface area contributed by atoms with Crippen LogP contribution in [0.15, 0.2) is 107 Å². The highest BCUT2D eigenvalue weighted by molar-refractivity contribution is 7.89. The van der Waals surface area contributed by atoms with E-state index in [-0.39, 0.29) is 16.8 Å². The lowest BCUT2D eigenvalue weighted by Crippen LogP contribution is -2.18. The van der Waals surface area contributed by atoms with Gasteiger partial charge in [-0.3, -0.25) is 9.11 Å². The zero-order chi connectivity index (χ0) is 24.5. The van der Waals surface area contributed by atoms with Crippen LogP contribution in [0.5, 0.6) is 0 Å². The molecular weight excluding hydrogens is 476 g/mol. The van der Waals surface area contributed by atoms with Crippen molar-refractivity contribution in [2.75, 3.05) is 10.6 Å². The zero-order valence-corrected chi connectivity index (χ0v) is 19.2. The predicted molar refractivity (Wildman–Crippen MR) is 131 cm³/mol. The molecule has 0 fully saturated rings. The lowest BCUT2D eigenvalue weighted by molar-refractivity contribution is 0.467. The second-order valence-corrected chi connectivity index (χ2v) is 10.1. The Bertz CT molecular complexity index is 1500. The summed E-state index contributed by atoms with van der Waals surface area (Å²) in [7, 11) is -10.3. The van der Waals surface area contributed by atoms with E-state index in [1.54, 1.807) is 60.7 Å².